The predicted molar refractivity (Wildman–Crippen MR) is 66.3 cm³/mol. The summed E-state index contributed by atoms with van der Waals surface area (Å²) < 4.78 is 18.8. The van der Waals surface area contributed by atoms with Gasteiger partial charge >= 0.3 is 0 Å². The van der Waals surface area contributed by atoms with Gasteiger partial charge in [-0.25, -0.2) is 4.39 Å². The summed E-state index contributed by atoms with van der Waals surface area (Å²) in [6, 6.07) is 12.3. The van der Waals surface area contributed by atoms with E-state index in [2.05, 4.69) is 0 Å². The van der Waals surface area contributed by atoms with Crippen molar-refractivity contribution in [3.8, 4) is 5.75 Å². The molecule has 88 valence electrons. The summed E-state index contributed by atoms with van der Waals surface area (Å²) in [5, 5.41) is 0. The summed E-state index contributed by atoms with van der Waals surface area (Å²) >= 11 is 0. The van der Waals surface area contributed by atoms with Crippen molar-refractivity contribution in [3.63, 3.8) is 0 Å². The lowest BCUT2D eigenvalue weighted by Gasteiger charge is -2.07. The first-order valence-electron chi connectivity index (χ1n) is 5.38. The maximum atomic E-state index is 13.3. The number of nitrogens with two attached hydrogens (primary N) is 1. The third-order valence-corrected chi connectivity index (χ3v) is 2.50. The Morgan fingerprint density at radius 3 is 2.71 bits per heavy atom. The minimum Gasteiger partial charge on any atom is -0.489 e. The van der Waals surface area contributed by atoms with Gasteiger partial charge in [0.15, 0.2) is 0 Å². The number of nitrogen functional groups attached to an aromatic ring is 1. The number of aryl methyl sites for hydroxylation is 1. The highest BCUT2D eigenvalue weighted by Gasteiger charge is 2.01. The van der Waals surface area contributed by atoms with Gasteiger partial charge in [-0.2, -0.15) is 0 Å². The zero-order valence-corrected chi connectivity index (χ0v) is 9.61. The molecule has 0 aliphatic heterocycles. The van der Waals surface area contributed by atoms with Crippen molar-refractivity contribution < 1.29 is 9.13 Å². The standard InChI is InChI=1S/C14H14FNO/c1-10-5-6-13(8-14(10)15)17-9-11-3-2-4-12(16)7-11/h2-8H,9,16H2,1H3. The molecule has 17 heavy (non-hydrogen) atoms. The molecule has 0 bridgehead atoms. The number of hydrogen-bond donors (Lipinski definition) is 1. The number of anilines is 1. The summed E-state index contributed by atoms with van der Waals surface area (Å²) in [6.45, 7) is 2.10. The van der Waals surface area contributed by atoms with Gasteiger partial charge in [0, 0.05) is 11.8 Å². The largest absolute Gasteiger partial charge is 0.489 e. The summed E-state index contributed by atoms with van der Waals surface area (Å²) in [4.78, 5) is 0. The van der Waals surface area contributed by atoms with E-state index < -0.39 is 0 Å². The van der Waals surface area contributed by atoms with Gasteiger partial charge in [0.1, 0.15) is 18.2 Å². The van der Waals surface area contributed by atoms with Crippen LogP contribution in [0, 0.1) is 12.7 Å². The highest BCUT2D eigenvalue weighted by molar-refractivity contribution is 5.40. The molecule has 2 nitrogen and oxygen atoms in total. The van der Waals surface area contributed by atoms with Crippen LogP contribution >= 0.6 is 0 Å². The first-order chi connectivity index (χ1) is 8.15. The van der Waals surface area contributed by atoms with Crippen LogP contribution in [0.25, 0.3) is 0 Å². The lowest BCUT2D eigenvalue weighted by Crippen LogP contribution is -1.97. The Kier molecular flexibility index (Phi) is 3.28. The average molecular weight is 231 g/mol. The number of halogens is 1. The van der Waals surface area contributed by atoms with E-state index in [4.69, 9.17) is 10.5 Å². The van der Waals surface area contributed by atoms with E-state index in [1.807, 2.05) is 24.3 Å². The molecule has 0 radical (unpaired) electrons. The quantitative estimate of drug-likeness (QED) is 0.822. The van der Waals surface area contributed by atoms with Crippen molar-refractivity contribution in [2.24, 2.45) is 0 Å². The van der Waals surface area contributed by atoms with E-state index in [1.165, 1.54) is 6.07 Å². The normalized spacial score (nSPS) is 10.2. The first kappa shape index (κ1) is 11.5. The highest BCUT2D eigenvalue weighted by atomic mass is 19.1. The van der Waals surface area contributed by atoms with Crippen LogP contribution in [0.1, 0.15) is 11.1 Å². The van der Waals surface area contributed by atoms with Gasteiger partial charge in [0.05, 0.1) is 0 Å². The van der Waals surface area contributed by atoms with Crippen LogP contribution in [0.2, 0.25) is 0 Å². The van der Waals surface area contributed by atoms with Gasteiger partial charge in [0.2, 0.25) is 0 Å². The molecule has 2 aromatic rings. The second-order valence-electron chi connectivity index (χ2n) is 3.94. The third-order valence-electron chi connectivity index (χ3n) is 2.50. The number of benzene rings is 2. The molecule has 0 aromatic heterocycles. The van der Waals surface area contributed by atoms with Gasteiger partial charge in [-0.05, 0) is 36.2 Å². The zero-order chi connectivity index (χ0) is 12.3. The maximum absolute atomic E-state index is 13.3. The predicted octanol–water partition coefficient (Wildman–Crippen LogP) is 3.30. The zero-order valence-electron chi connectivity index (χ0n) is 9.61. The van der Waals surface area contributed by atoms with Crippen molar-refractivity contribution >= 4 is 5.69 Å². The molecule has 0 saturated carbocycles. The van der Waals surface area contributed by atoms with E-state index in [-0.39, 0.29) is 5.82 Å². The average Bonchev–Trinajstić information content (AvgIpc) is 2.31. The van der Waals surface area contributed by atoms with E-state index in [9.17, 15) is 4.39 Å². The number of hydrogen-bond acceptors (Lipinski definition) is 2. The van der Waals surface area contributed by atoms with Crippen LogP contribution < -0.4 is 10.5 Å². The second kappa shape index (κ2) is 4.87. The molecule has 0 aliphatic rings. The van der Waals surface area contributed by atoms with Crippen LogP contribution in [0.3, 0.4) is 0 Å². The molecule has 0 unspecified atom stereocenters. The highest BCUT2D eigenvalue weighted by Crippen LogP contribution is 2.17. The minimum absolute atomic E-state index is 0.255. The van der Waals surface area contributed by atoms with Gasteiger partial charge < -0.3 is 10.5 Å². The molecule has 0 heterocycles. The van der Waals surface area contributed by atoms with E-state index in [0.29, 0.717) is 23.6 Å². The Morgan fingerprint density at radius 2 is 2.00 bits per heavy atom. The molecule has 0 saturated heterocycles. The fourth-order valence-electron chi connectivity index (χ4n) is 1.51. The van der Waals surface area contributed by atoms with Crippen LogP contribution in [0.15, 0.2) is 42.5 Å². The SMILES string of the molecule is Cc1ccc(OCc2cccc(N)c2)cc1F. The van der Waals surface area contributed by atoms with Gasteiger partial charge in [-0.1, -0.05) is 18.2 Å². The Labute approximate surface area is 99.8 Å². The fourth-order valence-corrected chi connectivity index (χ4v) is 1.51. The van der Waals surface area contributed by atoms with Crippen LogP contribution in [0.5, 0.6) is 5.75 Å². The Hall–Kier alpha value is -2.03. The van der Waals surface area contributed by atoms with Crippen LogP contribution in [0.4, 0.5) is 10.1 Å². The van der Waals surface area contributed by atoms with Gasteiger partial charge in [0.25, 0.3) is 0 Å². The summed E-state index contributed by atoms with van der Waals surface area (Å²) in [5.74, 6) is 0.269. The topological polar surface area (TPSA) is 35.2 Å². The van der Waals surface area contributed by atoms with Crippen molar-refractivity contribution in [1.29, 1.82) is 0 Å². The summed E-state index contributed by atoms with van der Waals surface area (Å²) in [7, 11) is 0. The third kappa shape index (κ3) is 2.97. The Balaban J connectivity index is 2.05. The molecule has 0 aliphatic carbocycles. The summed E-state index contributed by atoms with van der Waals surface area (Å²) in [5.41, 5.74) is 7.93. The van der Waals surface area contributed by atoms with E-state index in [0.717, 1.165) is 5.56 Å². The summed E-state index contributed by atoms with van der Waals surface area (Å²) in [6.07, 6.45) is 0. The van der Waals surface area contributed by atoms with Crippen molar-refractivity contribution in [2.45, 2.75) is 13.5 Å². The van der Waals surface area contributed by atoms with E-state index >= 15 is 0 Å². The molecule has 0 amide bonds. The second-order valence-corrected chi connectivity index (χ2v) is 3.94. The van der Waals surface area contributed by atoms with Gasteiger partial charge in [-0.3, -0.25) is 0 Å². The minimum atomic E-state index is -0.255. The van der Waals surface area contributed by atoms with Crippen molar-refractivity contribution in [2.75, 3.05) is 5.73 Å². The molecular weight excluding hydrogens is 217 g/mol. The van der Waals surface area contributed by atoms with Crippen molar-refractivity contribution in [3.05, 3.63) is 59.4 Å². The lowest BCUT2D eigenvalue weighted by molar-refractivity contribution is 0.304. The van der Waals surface area contributed by atoms with E-state index in [1.54, 1.807) is 19.1 Å². The Morgan fingerprint density at radius 1 is 1.18 bits per heavy atom. The molecule has 2 N–H and O–H groups in total. The molecule has 0 fully saturated rings. The molecule has 2 rings (SSSR count). The molecule has 2 aromatic carbocycles. The smallest absolute Gasteiger partial charge is 0.129 e. The molecule has 0 atom stereocenters. The first-order valence-corrected chi connectivity index (χ1v) is 5.38. The maximum Gasteiger partial charge on any atom is 0.129 e. The fraction of sp³-hybridized carbons (Fsp3) is 0.143. The molecule has 3 heteroatoms. The lowest BCUT2D eigenvalue weighted by atomic mass is 10.2. The monoisotopic (exact) mass is 231 g/mol. The van der Waals surface area contributed by atoms with Gasteiger partial charge in [-0.15, -0.1) is 0 Å². The molecule has 0 spiro atoms. The van der Waals surface area contributed by atoms with Crippen LogP contribution in [-0.4, -0.2) is 0 Å². The van der Waals surface area contributed by atoms with Crippen molar-refractivity contribution in [1.82, 2.24) is 0 Å². The number of ether oxygens (including phenoxy) is 1. The Bertz CT molecular complexity index is 525. The van der Waals surface area contributed by atoms with Crippen LogP contribution in [-0.2, 0) is 6.61 Å². The molecular formula is C14H14FNO. The number of rotatable bonds is 3.